The average Bonchev–Trinajstić information content (AvgIpc) is 2.70. The maximum atomic E-state index is 9.37. The molecule has 0 aromatic heterocycles. The second kappa shape index (κ2) is 3.90. The zero-order valence-corrected chi connectivity index (χ0v) is 9.67. The first-order valence-corrected chi connectivity index (χ1v) is 5.26. The van der Waals surface area contributed by atoms with Gasteiger partial charge < -0.3 is 29.2 Å². The van der Waals surface area contributed by atoms with Gasteiger partial charge in [-0.05, 0) is 13.8 Å². The van der Waals surface area contributed by atoms with Crippen LogP contribution in [0.25, 0.3) is 0 Å². The van der Waals surface area contributed by atoms with Crippen molar-refractivity contribution < 1.29 is 29.2 Å². The SMILES string of the molecule is CO[C@@H]1OC(CO)(CO)[C@@H]2OC(C)(C)OC12. The molecule has 2 heterocycles. The summed E-state index contributed by atoms with van der Waals surface area (Å²) >= 11 is 0. The zero-order chi connectivity index (χ0) is 12.0. The van der Waals surface area contributed by atoms with Crippen LogP contribution < -0.4 is 0 Å². The summed E-state index contributed by atoms with van der Waals surface area (Å²) < 4.78 is 21.9. The Balaban J connectivity index is 2.26. The lowest BCUT2D eigenvalue weighted by Gasteiger charge is -2.31. The quantitative estimate of drug-likeness (QED) is 0.668. The number of aliphatic hydroxyl groups is 2. The first kappa shape index (κ1) is 12.2. The second-order valence-electron chi connectivity index (χ2n) is 4.62. The Morgan fingerprint density at radius 3 is 2.25 bits per heavy atom. The predicted octanol–water partition coefficient (Wildman–Crippen LogP) is -0.767. The van der Waals surface area contributed by atoms with E-state index in [4.69, 9.17) is 18.9 Å². The van der Waals surface area contributed by atoms with Crippen LogP contribution in [0.3, 0.4) is 0 Å². The Labute approximate surface area is 94.1 Å². The van der Waals surface area contributed by atoms with E-state index in [2.05, 4.69) is 0 Å². The van der Waals surface area contributed by atoms with Crippen molar-refractivity contribution in [2.75, 3.05) is 20.3 Å². The van der Waals surface area contributed by atoms with Crippen molar-refractivity contribution in [2.45, 2.75) is 43.7 Å². The Morgan fingerprint density at radius 1 is 1.12 bits per heavy atom. The fourth-order valence-corrected chi connectivity index (χ4v) is 2.25. The Hall–Kier alpha value is -0.240. The van der Waals surface area contributed by atoms with E-state index in [9.17, 15) is 10.2 Å². The molecule has 2 N–H and O–H groups in total. The van der Waals surface area contributed by atoms with Crippen LogP contribution in [-0.2, 0) is 18.9 Å². The van der Waals surface area contributed by atoms with Gasteiger partial charge in [-0.15, -0.1) is 0 Å². The van der Waals surface area contributed by atoms with Gasteiger partial charge in [0.05, 0.1) is 13.2 Å². The van der Waals surface area contributed by atoms with Crippen LogP contribution in [0, 0.1) is 0 Å². The molecule has 2 rings (SSSR count). The Kier molecular flexibility index (Phi) is 2.98. The lowest BCUT2D eigenvalue weighted by Crippen LogP contribution is -2.49. The van der Waals surface area contributed by atoms with Gasteiger partial charge in [-0.2, -0.15) is 0 Å². The molecule has 0 aliphatic carbocycles. The van der Waals surface area contributed by atoms with Crippen LogP contribution >= 0.6 is 0 Å². The molecule has 0 aromatic carbocycles. The maximum Gasteiger partial charge on any atom is 0.187 e. The molecular weight excluding hydrogens is 216 g/mol. The van der Waals surface area contributed by atoms with E-state index in [1.165, 1.54) is 7.11 Å². The number of hydrogen-bond donors (Lipinski definition) is 2. The van der Waals surface area contributed by atoms with E-state index in [1.54, 1.807) is 13.8 Å². The Bertz CT molecular complexity index is 262. The highest BCUT2D eigenvalue weighted by molar-refractivity contribution is 5.04. The van der Waals surface area contributed by atoms with Crippen molar-refractivity contribution >= 4 is 0 Å². The smallest absolute Gasteiger partial charge is 0.187 e. The van der Waals surface area contributed by atoms with E-state index in [1.807, 2.05) is 0 Å². The van der Waals surface area contributed by atoms with Gasteiger partial charge in [-0.25, -0.2) is 0 Å². The van der Waals surface area contributed by atoms with Crippen molar-refractivity contribution in [3.05, 3.63) is 0 Å². The van der Waals surface area contributed by atoms with Crippen molar-refractivity contribution in [3.63, 3.8) is 0 Å². The number of ether oxygens (including phenoxy) is 4. The molecule has 0 amide bonds. The third-order valence-corrected chi connectivity index (χ3v) is 3.03. The van der Waals surface area contributed by atoms with Gasteiger partial charge in [0.2, 0.25) is 0 Å². The van der Waals surface area contributed by atoms with E-state index in [0.717, 1.165) is 0 Å². The standard InChI is InChI=1S/C10H18O6/c1-9(2)14-6-7(15-9)10(4-11,5-12)16-8(6)13-3/h6-8,11-12H,4-5H2,1-3H3/t6?,7-,8-/m1/s1. The molecule has 0 aromatic rings. The van der Waals surface area contributed by atoms with Crippen LogP contribution in [-0.4, -0.2) is 60.4 Å². The first-order chi connectivity index (χ1) is 7.48. The predicted molar refractivity (Wildman–Crippen MR) is 52.6 cm³/mol. The molecule has 6 heteroatoms. The van der Waals surface area contributed by atoms with Crippen molar-refractivity contribution in [2.24, 2.45) is 0 Å². The van der Waals surface area contributed by atoms with Crippen LogP contribution in [0.2, 0.25) is 0 Å². The molecule has 2 aliphatic heterocycles. The summed E-state index contributed by atoms with van der Waals surface area (Å²) in [7, 11) is 1.49. The van der Waals surface area contributed by atoms with Gasteiger partial charge >= 0.3 is 0 Å². The monoisotopic (exact) mass is 234 g/mol. The third kappa shape index (κ3) is 1.66. The van der Waals surface area contributed by atoms with Gasteiger partial charge in [0.15, 0.2) is 12.1 Å². The Morgan fingerprint density at radius 2 is 1.75 bits per heavy atom. The lowest BCUT2D eigenvalue weighted by atomic mass is 9.97. The number of rotatable bonds is 3. The molecule has 0 radical (unpaired) electrons. The number of methoxy groups -OCH3 is 1. The minimum atomic E-state index is -1.15. The van der Waals surface area contributed by atoms with Gasteiger partial charge in [-0.3, -0.25) is 0 Å². The highest BCUT2D eigenvalue weighted by atomic mass is 16.8. The van der Waals surface area contributed by atoms with Crippen LogP contribution in [0.1, 0.15) is 13.8 Å². The van der Waals surface area contributed by atoms with Crippen LogP contribution in [0.15, 0.2) is 0 Å². The molecule has 16 heavy (non-hydrogen) atoms. The maximum absolute atomic E-state index is 9.37. The minimum Gasteiger partial charge on any atom is -0.393 e. The van der Waals surface area contributed by atoms with Crippen molar-refractivity contribution in [1.82, 2.24) is 0 Å². The minimum absolute atomic E-state index is 0.343. The topological polar surface area (TPSA) is 77.4 Å². The normalized spacial score (nSPS) is 39.9. The summed E-state index contributed by atoms with van der Waals surface area (Å²) in [6, 6.07) is 0. The molecule has 94 valence electrons. The summed E-state index contributed by atoms with van der Waals surface area (Å²) in [4.78, 5) is 0. The van der Waals surface area contributed by atoms with Crippen LogP contribution in [0.4, 0.5) is 0 Å². The molecule has 1 unspecified atom stereocenters. The molecule has 6 nitrogen and oxygen atoms in total. The summed E-state index contributed by atoms with van der Waals surface area (Å²) in [6.45, 7) is 2.86. The summed E-state index contributed by atoms with van der Waals surface area (Å²) in [5, 5.41) is 18.7. The highest BCUT2D eigenvalue weighted by Gasteiger charge is 2.62. The van der Waals surface area contributed by atoms with Crippen molar-refractivity contribution in [3.8, 4) is 0 Å². The number of aliphatic hydroxyl groups excluding tert-OH is 2. The summed E-state index contributed by atoms with van der Waals surface area (Å²) in [5.74, 6) is -0.758. The van der Waals surface area contributed by atoms with Crippen LogP contribution in [0.5, 0.6) is 0 Å². The van der Waals surface area contributed by atoms with Gasteiger partial charge in [0.25, 0.3) is 0 Å². The summed E-state index contributed by atoms with van der Waals surface area (Å²) in [5.41, 5.74) is -1.15. The first-order valence-electron chi connectivity index (χ1n) is 5.26. The number of fused-ring (bicyclic) bond motifs is 1. The molecular formula is C10H18O6. The van der Waals surface area contributed by atoms with Crippen molar-refractivity contribution in [1.29, 1.82) is 0 Å². The third-order valence-electron chi connectivity index (χ3n) is 3.03. The van der Waals surface area contributed by atoms with E-state index in [-0.39, 0.29) is 13.2 Å². The second-order valence-corrected chi connectivity index (χ2v) is 4.62. The zero-order valence-electron chi connectivity index (χ0n) is 9.67. The van der Waals surface area contributed by atoms with Gasteiger partial charge in [0, 0.05) is 7.11 Å². The molecule has 2 aliphatic rings. The van der Waals surface area contributed by atoms with E-state index >= 15 is 0 Å². The molecule has 0 bridgehead atoms. The fourth-order valence-electron chi connectivity index (χ4n) is 2.25. The summed E-state index contributed by atoms with van der Waals surface area (Å²) in [6.07, 6.45) is -1.59. The molecule has 2 fully saturated rings. The molecule has 0 saturated carbocycles. The lowest BCUT2D eigenvalue weighted by molar-refractivity contribution is -0.262. The van der Waals surface area contributed by atoms with Gasteiger partial charge in [0.1, 0.15) is 17.8 Å². The fraction of sp³-hybridized carbons (Fsp3) is 1.00. The molecule has 2 saturated heterocycles. The number of hydrogen-bond acceptors (Lipinski definition) is 6. The highest BCUT2D eigenvalue weighted by Crippen LogP contribution is 2.43. The molecule has 0 spiro atoms. The van der Waals surface area contributed by atoms with E-state index < -0.39 is 29.9 Å². The largest absolute Gasteiger partial charge is 0.393 e. The van der Waals surface area contributed by atoms with Gasteiger partial charge in [-0.1, -0.05) is 0 Å². The average molecular weight is 234 g/mol. The molecule has 3 atom stereocenters. The van der Waals surface area contributed by atoms with E-state index in [0.29, 0.717) is 0 Å².